The van der Waals surface area contributed by atoms with Gasteiger partial charge in [0.2, 0.25) is 0 Å². The predicted octanol–water partition coefficient (Wildman–Crippen LogP) is 3.25. The molecule has 0 radical (unpaired) electrons. The number of carbonyl (C=O) groups is 1. The summed E-state index contributed by atoms with van der Waals surface area (Å²) in [5, 5.41) is 4.27. The highest BCUT2D eigenvalue weighted by Crippen LogP contribution is 2.19. The van der Waals surface area contributed by atoms with Crippen molar-refractivity contribution in [3.05, 3.63) is 51.8 Å². The Bertz CT molecular complexity index is 621. The van der Waals surface area contributed by atoms with Crippen molar-refractivity contribution in [1.82, 2.24) is 14.7 Å². The summed E-state index contributed by atoms with van der Waals surface area (Å²) in [6.07, 6.45) is 1.77. The highest BCUT2D eigenvalue weighted by atomic mass is 79.9. The van der Waals surface area contributed by atoms with E-state index in [1.54, 1.807) is 11.1 Å². The first kappa shape index (κ1) is 14.8. The van der Waals surface area contributed by atoms with E-state index in [0.29, 0.717) is 6.54 Å². The van der Waals surface area contributed by atoms with Gasteiger partial charge in [0.1, 0.15) is 0 Å². The van der Waals surface area contributed by atoms with Crippen LogP contribution < -0.4 is 0 Å². The molecule has 0 aliphatic heterocycles. The van der Waals surface area contributed by atoms with Gasteiger partial charge in [0, 0.05) is 19.2 Å². The Kier molecular flexibility index (Phi) is 4.60. The maximum atomic E-state index is 12.5. The van der Waals surface area contributed by atoms with Gasteiger partial charge in [-0.05, 0) is 41.4 Å². The van der Waals surface area contributed by atoms with Crippen LogP contribution in [0, 0.1) is 6.92 Å². The molecule has 0 N–H and O–H groups in total. The molecule has 1 aromatic carbocycles. The molecule has 0 bridgehead atoms. The molecule has 0 saturated carbocycles. The van der Waals surface area contributed by atoms with E-state index in [2.05, 4.69) is 21.0 Å². The van der Waals surface area contributed by atoms with Crippen LogP contribution in [0.15, 0.2) is 34.9 Å². The fourth-order valence-corrected chi connectivity index (χ4v) is 2.55. The van der Waals surface area contributed by atoms with Gasteiger partial charge in [-0.3, -0.25) is 9.48 Å². The van der Waals surface area contributed by atoms with Crippen LogP contribution in [-0.2, 0) is 13.1 Å². The fourth-order valence-electron chi connectivity index (χ4n) is 2.13. The van der Waals surface area contributed by atoms with E-state index in [1.165, 1.54) is 0 Å². The number of carbonyl (C=O) groups excluding carboxylic acids is 1. The molecule has 0 spiro atoms. The van der Waals surface area contributed by atoms with Gasteiger partial charge in [0.15, 0.2) is 0 Å². The van der Waals surface area contributed by atoms with E-state index in [0.717, 1.165) is 27.8 Å². The Balaban J connectivity index is 2.20. The van der Waals surface area contributed by atoms with Crippen molar-refractivity contribution in [2.24, 2.45) is 0 Å². The zero-order valence-corrected chi connectivity index (χ0v) is 13.5. The molecule has 0 unspecified atom stereocenters. The van der Waals surface area contributed by atoms with Crippen molar-refractivity contribution in [3.63, 3.8) is 0 Å². The number of benzene rings is 1. The van der Waals surface area contributed by atoms with Crippen LogP contribution in [0.4, 0.5) is 0 Å². The summed E-state index contributed by atoms with van der Waals surface area (Å²) in [5.41, 5.74) is 2.75. The van der Waals surface area contributed by atoms with E-state index >= 15 is 0 Å². The Morgan fingerprint density at radius 2 is 2.10 bits per heavy atom. The standard InChI is InChI=1S/C15H18BrN3O/c1-4-19-14(13(16)9-17-19)10-18(3)15(20)12-8-6-5-7-11(12)2/h5-9H,4,10H2,1-3H3. The second kappa shape index (κ2) is 6.22. The minimum atomic E-state index is 0.0267. The predicted molar refractivity (Wildman–Crippen MR) is 82.6 cm³/mol. The third-order valence-electron chi connectivity index (χ3n) is 3.31. The normalized spacial score (nSPS) is 10.6. The molecule has 0 atom stereocenters. The maximum absolute atomic E-state index is 12.5. The fraction of sp³-hybridized carbons (Fsp3) is 0.333. The largest absolute Gasteiger partial charge is 0.336 e. The molecular weight excluding hydrogens is 318 g/mol. The number of nitrogens with zero attached hydrogens (tertiary/aromatic N) is 3. The van der Waals surface area contributed by atoms with E-state index < -0.39 is 0 Å². The molecule has 5 heteroatoms. The molecule has 106 valence electrons. The number of hydrogen-bond donors (Lipinski definition) is 0. The first-order valence-corrected chi connectivity index (χ1v) is 7.35. The summed E-state index contributed by atoms with van der Waals surface area (Å²) >= 11 is 3.48. The van der Waals surface area contributed by atoms with E-state index in [4.69, 9.17) is 0 Å². The maximum Gasteiger partial charge on any atom is 0.254 e. The minimum absolute atomic E-state index is 0.0267. The van der Waals surface area contributed by atoms with Crippen molar-refractivity contribution in [2.75, 3.05) is 7.05 Å². The number of amides is 1. The van der Waals surface area contributed by atoms with E-state index in [1.807, 2.05) is 49.8 Å². The van der Waals surface area contributed by atoms with Gasteiger partial charge in [-0.25, -0.2) is 0 Å². The Morgan fingerprint density at radius 1 is 1.40 bits per heavy atom. The van der Waals surface area contributed by atoms with Crippen LogP contribution >= 0.6 is 15.9 Å². The van der Waals surface area contributed by atoms with Gasteiger partial charge < -0.3 is 4.90 Å². The second-order valence-corrected chi connectivity index (χ2v) is 5.59. The van der Waals surface area contributed by atoms with Crippen LogP contribution in [0.2, 0.25) is 0 Å². The van der Waals surface area contributed by atoms with Gasteiger partial charge in [-0.15, -0.1) is 0 Å². The van der Waals surface area contributed by atoms with Gasteiger partial charge in [-0.1, -0.05) is 18.2 Å². The molecule has 20 heavy (non-hydrogen) atoms. The third kappa shape index (κ3) is 2.93. The lowest BCUT2D eigenvalue weighted by atomic mass is 10.1. The number of aromatic nitrogens is 2. The van der Waals surface area contributed by atoms with Crippen LogP contribution in [0.25, 0.3) is 0 Å². The summed E-state index contributed by atoms with van der Waals surface area (Å²) in [7, 11) is 1.81. The molecule has 0 saturated heterocycles. The molecule has 0 aliphatic rings. The van der Waals surface area contributed by atoms with Crippen molar-refractivity contribution in [3.8, 4) is 0 Å². The summed E-state index contributed by atoms with van der Waals surface area (Å²) in [5.74, 6) is 0.0267. The van der Waals surface area contributed by atoms with Crippen molar-refractivity contribution < 1.29 is 4.79 Å². The second-order valence-electron chi connectivity index (χ2n) is 4.73. The first-order valence-electron chi connectivity index (χ1n) is 6.55. The summed E-state index contributed by atoms with van der Waals surface area (Å²) in [6, 6.07) is 7.64. The van der Waals surface area contributed by atoms with Crippen LogP contribution in [0.1, 0.15) is 28.5 Å². The number of halogens is 1. The molecule has 0 fully saturated rings. The smallest absolute Gasteiger partial charge is 0.254 e. The van der Waals surface area contributed by atoms with Gasteiger partial charge >= 0.3 is 0 Å². The Labute approximate surface area is 127 Å². The SMILES string of the molecule is CCn1ncc(Br)c1CN(C)C(=O)c1ccccc1C. The summed E-state index contributed by atoms with van der Waals surface area (Å²) in [4.78, 5) is 14.2. The summed E-state index contributed by atoms with van der Waals surface area (Å²) in [6.45, 7) is 5.30. The zero-order valence-electron chi connectivity index (χ0n) is 11.9. The number of hydrogen-bond acceptors (Lipinski definition) is 2. The first-order chi connectivity index (χ1) is 9.54. The van der Waals surface area contributed by atoms with Gasteiger partial charge in [0.25, 0.3) is 5.91 Å². The lowest BCUT2D eigenvalue weighted by Crippen LogP contribution is -2.28. The summed E-state index contributed by atoms with van der Waals surface area (Å²) < 4.78 is 2.83. The topological polar surface area (TPSA) is 38.1 Å². The van der Waals surface area contributed by atoms with E-state index in [9.17, 15) is 4.79 Å². The van der Waals surface area contributed by atoms with Crippen LogP contribution in [0.3, 0.4) is 0 Å². The molecule has 0 aliphatic carbocycles. The molecule has 2 aromatic rings. The Hall–Kier alpha value is -1.62. The van der Waals surface area contributed by atoms with Crippen molar-refractivity contribution in [1.29, 1.82) is 0 Å². The molecule has 1 amide bonds. The zero-order chi connectivity index (χ0) is 14.7. The lowest BCUT2D eigenvalue weighted by Gasteiger charge is -2.19. The highest BCUT2D eigenvalue weighted by molar-refractivity contribution is 9.10. The molecule has 2 rings (SSSR count). The Morgan fingerprint density at radius 3 is 2.75 bits per heavy atom. The molecule has 4 nitrogen and oxygen atoms in total. The average Bonchev–Trinajstić information content (AvgIpc) is 2.79. The highest BCUT2D eigenvalue weighted by Gasteiger charge is 2.17. The monoisotopic (exact) mass is 335 g/mol. The van der Waals surface area contributed by atoms with Gasteiger partial charge in [-0.2, -0.15) is 5.10 Å². The van der Waals surface area contributed by atoms with Crippen LogP contribution in [-0.4, -0.2) is 27.6 Å². The van der Waals surface area contributed by atoms with E-state index in [-0.39, 0.29) is 5.91 Å². The quantitative estimate of drug-likeness (QED) is 0.860. The number of rotatable bonds is 4. The third-order valence-corrected chi connectivity index (χ3v) is 3.97. The molecule has 1 aromatic heterocycles. The minimum Gasteiger partial charge on any atom is -0.336 e. The van der Waals surface area contributed by atoms with Crippen molar-refractivity contribution >= 4 is 21.8 Å². The number of aryl methyl sites for hydroxylation is 2. The van der Waals surface area contributed by atoms with Gasteiger partial charge in [0.05, 0.1) is 22.9 Å². The lowest BCUT2D eigenvalue weighted by molar-refractivity contribution is 0.0780. The molecular formula is C15H18BrN3O. The average molecular weight is 336 g/mol. The van der Waals surface area contributed by atoms with Crippen LogP contribution in [0.5, 0.6) is 0 Å². The molecule has 1 heterocycles. The van der Waals surface area contributed by atoms with Crippen molar-refractivity contribution in [2.45, 2.75) is 26.9 Å².